The molecule has 19 heavy (non-hydrogen) atoms. The topological polar surface area (TPSA) is 51.8 Å². The zero-order chi connectivity index (χ0) is 13.4. The van der Waals surface area contributed by atoms with Crippen molar-refractivity contribution in [1.82, 2.24) is 9.97 Å². The van der Waals surface area contributed by atoms with Crippen LogP contribution in [0.3, 0.4) is 0 Å². The third-order valence-corrected chi connectivity index (χ3v) is 4.08. The molecule has 3 aromatic rings. The fourth-order valence-electron chi connectivity index (χ4n) is 1.92. The van der Waals surface area contributed by atoms with E-state index >= 15 is 0 Å². The number of nitrogens with two attached hydrogens (primary N) is 1. The number of nitrogen functional groups attached to an aromatic ring is 1. The van der Waals surface area contributed by atoms with Gasteiger partial charge in [-0.2, -0.15) is 0 Å². The predicted octanol–water partition coefficient (Wildman–Crippen LogP) is 3.64. The highest BCUT2D eigenvalue weighted by Gasteiger charge is 2.10. The second kappa shape index (κ2) is 4.59. The molecule has 0 aliphatic heterocycles. The van der Waals surface area contributed by atoms with Crippen molar-refractivity contribution in [2.24, 2.45) is 0 Å². The average molecular weight is 273 g/mol. The Labute approximate surface area is 113 Å². The van der Waals surface area contributed by atoms with E-state index in [1.54, 1.807) is 23.5 Å². The van der Waals surface area contributed by atoms with Crippen molar-refractivity contribution in [2.75, 3.05) is 5.73 Å². The van der Waals surface area contributed by atoms with Crippen LogP contribution in [-0.4, -0.2) is 9.97 Å². The summed E-state index contributed by atoms with van der Waals surface area (Å²) in [6, 6.07) is 8.24. The summed E-state index contributed by atoms with van der Waals surface area (Å²) in [6.45, 7) is 2.09. The van der Waals surface area contributed by atoms with Crippen LogP contribution in [0.25, 0.3) is 21.6 Å². The maximum atomic E-state index is 13.2. The predicted molar refractivity (Wildman–Crippen MR) is 76.6 cm³/mol. The summed E-state index contributed by atoms with van der Waals surface area (Å²) in [5.41, 5.74) is 6.60. The Morgan fingerprint density at radius 1 is 1.26 bits per heavy atom. The largest absolute Gasteiger partial charge is 0.383 e. The van der Waals surface area contributed by atoms with Gasteiger partial charge >= 0.3 is 0 Å². The number of fused-ring (bicyclic) bond motifs is 1. The summed E-state index contributed by atoms with van der Waals surface area (Å²) in [5.74, 6) is 0.606. The molecule has 0 radical (unpaired) electrons. The van der Waals surface area contributed by atoms with Gasteiger partial charge in [0.05, 0.1) is 5.39 Å². The van der Waals surface area contributed by atoms with Gasteiger partial charge in [-0.05, 0) is 24.6 Å². The smallest absolute Gasteiger partial charge is 0.163 e. The molecule has 5 heteroatoms. The van der Waals surface area contributed by atoms with Crippen LogP contribution in [0.4, 0.5) is 10.2 Å². The van der Waals surface area contributed by atoms with Crippen molar-refractivity contribution in [2.45, 2.75) is 13.3 Å². The number of aromatic nitrogens is 2. The first kappa shape index (κ1) is 12.0. The highest BCUT2D eigenvalue weighted by Crippen LogP contribution is 2.30. The fraction of sp³-hybridized carbons (Fsp3) is 0.143. The van der Waals surface area contributed by atoms with Gasteiger partial charge in [0.25, 0.3) is 0 Å². The molecule has 0 spiro atoms. The molecule has 0 saturated carbocycles. The highest BCUT2D eigenvalue weighted by atomic mass is 32.1. The second-order valence-electron chi connectivity index (χ2n) is 4.23. The Hall–Kier alpha value is -2.01. The summed E-state index contributed by atoms with van der Waals surface area (Å²) in [7, 11) is 0. The van der Waals surface area contributed by atoms with Crippen molar-refractivity contribution < 1.29 is 4.39 Å². The van der Waals surface area contributed by atoms with E-state index in [1.807, 2.05) is 6.07 Å². The lowest BCUT2D eigenvalue weighted by atomic mass is 10.2. The molecule has 0 fully saturated rings. The van der Waals surface area contributed by atoms with E-state index in [2.05, 4.69) is 16.9 Å². The number of rotatable bonds is 2. The molecule has 2 heterocycles. The zero-order valence-corrected chi connectivity index (χ0v) is 11.2. The zero-order valence-electron chi connectivity index (χ0n) is 10.4. The van der Waals surface area contributed by atoms with Gasteiger partial charge in [-0.3, -0.25) is 0 Å². The molecule has 96 valence electrons. The maximum absolute atomic E-state index is 13.2. The summed E-state index contributed by atoms with van der Waals surface area (Å²) in [4.78, 5) is 10.8. The van der Waals surface area contributed by atoms with Crippen LogP contribution >= 0.6 is 11.3 Å². The van der Waals surface area contributed by atoms with Gasteiger partial charge in [0.2, 0.25) is 0 Å². The molecule has 1 aromatic carbocycles. The van der Waals surface area contributed by atoms with E-state index in [0.717, 1.165) is 16.6 Å². The van der Waals surface area contributed by atoms with Crippen LogP contribution in [-0.2, 0) is 6.42 Å². The molecular formula is C14H12FN3S. The van der Waals surface area contributed by atoms with Gasteiger partial charge in [0.15, 0.2) is 5.82 Å². The van der Waals surface area contributed by atoms with Crippen LogP contribution < -0.4 is 5.73 Å². The lowest BCUT2D eigenvalue weighted by Crippen LogP contribution is -1.96. The molecule has 0 aliphatic rings. The average Bonchev–Trinajstić information content (AvgIpc) is 2.82. The first-order valence-electron chi connectivity index (χ1n) is 5.99. The summed E-state index contributed by atoms with van der Waals surface area (Å²) in [5, 5.41) is 0.877. The first-order valence-corrected chi connectivity index (χ1v) is 6.81. The quantitative estimate of drug-likeness (QED) is 0.775. The van der Waals surface area contributed by atoms with E-state index in [9.17, 15) is 4.39 Å². The minimum Gasteiger partial charge on any atom is -0.383 e. The molecule has 2 N–H and O–H groups in total. The number of nitrogens with zero attached hydrogens (tertiary/aromatic N) is 2. The molecule has 0 aliphatic carbocycles. The first-order chi connectivity index (χ1) is 9.17. The molecule has 0 bridgehead atoms. The monoisotopic (exact) mass is 273 g/mol. The Morgan fingerprint density at radius 2 is 2.11 bits per heavy atom. The summed E-state index contributed by atoms with van der Waals surface area (Å²) < 4.78 is 13.2. The van der Waals surface area contributed by atoms with E-state index < -0.39 is 0 Å². The van der Waals surface area contributed by atoms with Gasteiger partial charge in [-0.25, -0.2) is 14.4 Å². The number of thiophene rings is 1. The third kappa shape index (κ3) is 2.17. The molecule has 0 atom stereocenters. The lowest BCUT2D eigenvalue weighted by Gasteiger charge is -2.02. The van der Waals surface area contributed by atoms with Crippen molar-refractivity contribution in [1.29, 1.82) is 0 Å². The van der Waals surface area contributed by atoms with Gasteiger partial charge in [-0.15, -0.1) is 11.3 Å². The molecular weight excluding hydrogens is 261 g/mol. The highest BCUT2D eigenvalue weighted by molar-refractivity contribution is 7.18. The normalized spacial score (nSPS) is 11.1. The number of aryl methyl sites for hydroxylation is 1. The Kier molecular flexibility index (Phi) is 2.91. The van der Waals surface area contributed by atoms with Crippen LogP contribution in [0.1, 0.15) is 11.8 Å². The van der Waals surface area contributed by atoms with E-state index in [1.165, 1.54) is 17.0 Å². The molecule has 3 nitrogen and oxygen atoms in total. The number of hydrogen-bond acceptors (Lipinski definition) is 4. The van der Waals surface area contributed by atoms with Gasteiger partial charge in [-0.1, -0.05) is 19.1 Å². The number of hydrogen-bond donors (Lipinski definition) is 1. The van der Waals surface area contributed by atoms with Crippen LogP contribution in [0.5, 0.6) is 0 Å². The molecule has 2 aromatic heterocycles. The third-order valence-electron chi connectivity index (χ3n) is 2.90. The van der Waals surface area contributed by atoms with Crippen LogP contribution in [0.15, 0.2) is 30.3 Å². The van der Waals surface area contributed by atoms with Crippen LogP contribution in [0, 0.1) is 5.82 Å². The van der Waals surface area contributed by atoms with Crippen LogP contribution in [0.2, 0.25) is 0 Å². The number of halogens is 1. The number of anilines is 1. The van der Waals surface area contributed by atoms with Crippen molar-refractivity contribution in [3.8, 4) is 11.4 Å². The molecule has 3 rings (SSSR count). The molecule has 0 amide bonds. The maximum Gasteiger partial charge on any atom is 0.163 e. The Bertz CT molecular complexity index is 752. The minimum absolute atomic E-state index is 0.305. The second-order valence-corrected chi connectivity index (χ2v) is 5.34. The van der Waals surface area contributed by atoms with Gasteiger partial charge in [0.1, 0.15) is 16.5 Å². The Morgan fingerprint density at radius 3 is 2.84 bits per heavy atom. The standard InChI is InChI=1S/C14H12FN3S/c1-2-10-7-11-12(16)17-13(18-14(11)19-10)8-4-3-5-9(15)6-8/h3-7H,2H2,1H3,(H2,16,17,18). The number of benzene rings is 1. The van der Waals surface area contributed by atoms with E-state index in [4.69, 9.17) is 5.73 Å². The fourth-order valence-corrected chi connectivity index (χ4v) is 2.90. The summed E-state index contributed by atoms with van der Waals surface area (Å²) in [6.07, 6.45) is 0.940. The van der Waals surface area contributed by atoms with Crippen molar-refractivity contribution in [3.05, 3.63) is 41.0 Å². The minimum atomic E-state index is -0.305. The summed E-state index contributed by atoms with van der Waals surface area (Å²) >= 11 is 1.60. The van der Waals surface area contributed by atoms with E-state index in [0.29, 0.717) is 17.2 Å². The van der Waals surface area contributed by atoms with Crippen molar-refractivity contribution in [3.63, 3.8) is 0 Å². The lowest BCUT2D eigenvalue weighted by molar-refractivity contribution is 0.628. The van der Waals surface area contributed by atoms with Crippen molar-refractivity contribution >= 4 is 27.4 Å². The van der Waals surface area contributed by atoms with Gasteiger partial charge in [0, 0.05) is 10.4 Å². The van der Waals surface area contributed by atoms with Gasteiger partial charge < -0.3 is 5.73 Å². The SMILES string of the molecule is CCc1cc2c(N)nc(-c3cccc(F)c3)nc2s1. The molecule has 0 saturated heterocycles. The van der Waals surface area contributed by atoms with E-state index in [-0.39, 0.29) is 5.82 Å². The Balaban J connectivity index is 2.20. The molecule has 0 unspecified atom stereocenters.